The molecule has 12 heavy (non-hydrogen) atoms. The van der Waals surface area contributed by atoms with E-state index in [4.69, 9.17) is 0 Å². The molecule has 0 aromatic heterocycles. The van der Waals surface area contributed by atoms with E-state index < -0.39 is 0 Å². The molecule has 0 saturated carbocycles. The molecule has 0 aromatic carbocycles. The Balaban J connectivity index is 2.48. The van der Waals surface area contributed by atoms with E-state index in [1.54, 1.807) is 0 Å². The van der Waals surface area contributed by atoms with Gasteiger partial charge in [-0.05, 0) is 38.9 Å². The van der Waals surface area contributed by atoms with Crippen molar-refractivity contribution in [2.45, 2.75) is 26.2 Å². The van der Waals surface area contributed by atoms with Crippen molar-refractivity contribution in [3.63, 3.8) is 0 Å². The van der Waals surface area contributed by atoms with Gasteiger partial charge in [0, 0.05) is 13.1 Å². The predicted molar refractivity (Wildman–Crippen MR) is 53.4 cm³/mol. The molecule has 1 aliphatic rings. The highest BCUT2D eigenvalue weighted by Gasteiger charge is 2.34. The van der Waals surface area contributed by atoms with E-state index in [-0.39, 0.29) is 0 Å². The number of rotatable bonds is 4. The van der Waals surface area contributed by atoms with Crippen molar-refractivity contribution in [3.05, 3.63) is 0 Å². The summed E-state index contributed by atoms with van der Waals surface area (Å²) in [6, 6.07) is 0. The van der Waals surface area contributed by atoms with E-state index >= 15 is 0 Å². The van der Waals surface area contributed by atoms with Crippen LogP contribution in [0, 0.1) is 5.41 Å². The molecule has 0 aliphatic carbocycles. The summed E-state index contributed by atoms with van der Waals surface area (Å²) in [6.45, 7) is 6.03. The number of nitrogens with one attached hydrogen (secondary N) is 1. The molecule has 1 aliphatic heterocycles. The molecular weight excluding hydrogens is 148 g/mol. The first-order valence-corrected chi connectivity index (χ1v) is 5.05. The first-order valence-electron chi connectivity index (χ1n) is 5.05. The summed E-state index contributed by atoms with van der Waals surface area (Å²) in [6.07, 6.45) is 4.06. The lowest BCUT2D eigenvalue weighted by atomic mass is 9.82. The van der Waals surface area contributed by atoms with Gasteiger partial charge in [0.25, 0.3) is 0 Å². The van der Waals surface area contributed by atoms with Gasteiger partial charge in [-0.2, -0.15) is 0 Å². The Morgan fingerprint density at radius 2 is 2.25 bits per heavy atom. The maximum absolute atomic E-state index is 3.33. The van der Waals surface area contributed by atoms with Crippen LogP contribution in [0.5, 0.6) is 0 Å². The fraction of sp³-hybridized carbons (Fsp3) is 1.00. The minimum absolute atomic E-state index is 0.582. The largest absolute Gasteiger partial charge is 0.319 e. The summed E-state index contributed by atoms with van der Waals surface area (Å²) in [5, 5.41) is 3.33. The lowest BCUT2D eigenvalue weighted by molar-refractivity contribution is 0.252. The van der Waals surface area contributed by atoms with Crippen LogP contribution < -0.4 is 5.32 Å². The summed E-state index contributed by atoms with van der Waals surface area (Å²) in [5.41, 5.74) is 0.582. The highest BCUT2D eigenvalue weighted by molar-refractivity contribution is 4.89. The van der Waals surface area contributed by atoms with Crippen LogP contribution in [-0.4, -0.2) is 38.6 Å². The Morgan fingerprint density at radius 1 is 1.50 bits per heavy atom. The van der Waals surface area contributed by atoms with Gasteiger partial charge in [-0.25, -0.2) is 0 Å². The standard InChI is InChI=1S/C10H22N2/c1-4-5-10(8-11-2)6-7-12(3)9-10/h11H,4-9H2,1-3H3. The molecule has 0 spiro atoms. The molecule has 1 fully saturated rings. The second-order valence-electron chi connectivity index (χ2n) is 4.27. The molecular formula is C10H22N2. The quantitative estimate of drug-likeness (QED) is 0.684. The fourth-order valence-electron chi connectivity index (χ4n) is 2.50. The van der Waals surface area contributed by atoms with Crippen molar-refractivity contribution < 1.29 is 0 Å². The zero-order valence-electron chi connectivity index (χ0n) is 8.69. The lowest BCUT2D eigenvalue weighted by Gasteiger charge is -2.28. The van der Waals surface area contributed by atoms with Gasteiger partial charge in [0.1, 0.15) is 0 Å². The summed E-state index contributed by atoms with van der Waals surface area (Å²) in [5.74, 6) is 0. The molecule has 1 unspecified atom stereocenters. The van der Waals surface area contributed by atoms with Gasteiger partial charge < -0.3 is 10.2 Å². The van der Waals surface area contributed by atoms with Crippen molar-refractivity contribution in [1.29, 1.82) is 0 Å². The molecule has 1 N–H and O–H groups in total. The van der Waals surface area contributed by atoms with E-state index in [0.29, 0.717) is 5.41 Å². The monoisotopic (exact) mass is 170 g/mol. The molecule has 2 nitrogen and oxygen atoms in total. The Hall–Kier alpha value is -0.0800. The smallest absolute Gasteiger partial charge is 0.00476 e. The minimum Gasteiger partial charge on any atom is -0.319 e. The topological polar surface area (TPSA) is 15.3 Å². The van der Waals surface area contributed by atoms with Crippen molar-refractivity contribution >= 4 is 0 Å². The van der Waals surface area contributed by atoms with Crippen LogP contribution in [0.1, 0.15) is 26.2 Å². The second-order valence-corrected chi connectivity index (χ2v) is 4.27. The maximum Gasteiger partial charge on any atom is 0.00476 e. The van der Waals surface area contributed by atoms with E-state index in [1.807, 2.05) is 0 Å². The van der Waals surface area contributed by atoms with Crippen LogP contribution in [-0.2, 0) is 0 Å². The van der Waals surface area contributed by atoms with Crippen LogP contribution >= 0.6 is 0 Å². The lowest BCUT2D eigenvalue weighted by Crippen LogP contribution is -2.34. The van der Waals surface area contributed by atoms with Crippen molar-refractivity contribution in [2.24, 2.45) is 5.41 Å². The second kappa shape index (κ2) is 4.24. The van der Waals surface area contributed by atoms with Crippen LogP contribution in [0.4, 0.5) is 0 Å². The van der Waals surface area contributed by atoms with E-state index in [2.05, 4.69) is 31.2 Å². The highest BCUT2D eigenvalue weighted by Crippen LogP contribution is 2.33. The molecule has 1 atom stereocenters. The first kappa shape index (κ1) is 10.0. The van der Waals surface area contributed by atoms with E-state index in [1.165, 1.54) is 38.9 Å². The average Bonchev–Trinajstić information content (AvgIpc) is 2.34. The summed E-state index contributed by atoms with van der Waals surface area (Å²) in [7, 11) is 4.29. The molecule has 0 bridgehead atoms. The third-order valence-electron chi connectivity index (χ3n) is 2.96. The van der Waals surface area contributed by atoms with Gasteiger partial charge in [-0.15, -0.1) is 0 Å². The number of hydrogen-bond acceptors (Lipinski definition) is 2. The molecule has 0 radical (unpaired) electrons. The fourth-order valence-corrected chi connectivity index (χ4v) is 2.50. The number of hydrogen-bond donors (Lipinski definition) is 1. The van der Waals surface area contributed by atoms with Crippen molar-refractivity contribution in [3.8, 4) is 0 Å². The zero-order valence-corrected chi connectivity index (χ0v) is 8.69. The number of likely N-dealkylation sites (tertiary alicyclic amines) is 1. The van der Waals surface area contributed by atoms with Crippen LogP contribution in [0.2, 0.25) is 0 Å². The third kappa shape index (κ3) is 2.20. The maximum atomic E-state index is 3.33. The van der Waals surface area contributed by atoms with Gasteiger partial charge in [-0.1, -0.05) is 13.3 Å². The van der Waals surface area contributed by atoms with Crippen molar-refractivity contribution in [1.82, 2.24) is 10.2 Å². The highest BCUT2D eigenvalue weighted by atomic mass is 15.1. The normalized spacial score (nSPS) is 31.2. The van der Waals surface area contributed by atoms with Crippen LogP contribution in [0.25, 0.3) is 0 Å². The number of nitrogens with zero attached hydrogens (tertiary/aromatic N) is 1. The molecule has 2 heteroatoms. The summed E-state index contributed by atoms with van der Waals surface area (Å²) in [4.78, 5) is 2.45. The van der Waals surface area contributed by atoms with Crippen LogP contribution in [0.3, 0.4) is 0 Å². The first-order chi connectivity index (χ1) is 5.72. The average molecular weight is 170 g/mol. The summed E-state index contributed by atoms with van der Waals surface area (Å²) >= 11 is 0. The summed E-state index contributed by atoms with van der Waals surface area (Å²) < 4.78 is 0. The van der Waals surface area contributed by atoms with Gasteiger partial charge in [0.2, 0.25) is 0 Å². The van der Waals surface area contributed by atoms with Gasteiger partial charge in [-0.3, -0.25) is 0 Å². The third-order valence-corrected chi connectivity index (χ3v) is 2.96. The molecule has 1 heterocycles. The van der Waals surface area contributed by atoms with Crippen molar-refractivity contribution in [2.75, 3.05) is 33.7 Å². The van der Waals surface area contributed by atoms with E-state index in [0.717, 1.165) is 0 Å². The van der Waals surface area contributed by atoms with Gasteiger partial charge in [0.05, 0.1) is 0 Å². The van der Waals surface area contributed by atoms with E-state index in [9.17, 15) is 0 Å². The molecule has 72 valence electrons. The zero-order chi connectivity index (χ0) is 9.03. The molecule has 0 amide bonds. The van der Waals surface area contributed by atoms with Gasteiger partial charge in [0.15, 0.2) is 0 Å². The molecule has 1 saturated heterocycles. The Morgan fingerprint density at radius 3 is 2.67 bits per heavy atom. The predicted octanol–water partition coefficient (Wildman–Crippen LogP) is 1.33. The molecule has 1 rings (SSSR count). The Kier molecular flexibility index (Phi) is 3.53. The Bertz CT molecular complexity index is 122. The Labute approximate surface area is 76.3 Å². The minimum atomic E-state index is 0.582. The SMILES string of the molecule is CCCC1(CNC)CCN(C)C1. The molecule has 0 aromatic rings. The van der Waals surface area contributed by atoms with Crippen LogP contribution in [0.15, 0.2) is 0 Å². The van der Waals surface area contributed by atoms with Gasteiger partial charge >= 0.3 is 0 Å².